The van der Waals surface area contributed by atoms with Crippen molar-refractivity contribution in [1.82, 2.24) is 10.2 Å². The summed E-state index contributed by atoms with van der Waals surface area (Å²) in [6, 6.07) is 6.56. The lowest BCUT2D eigenvalue weighted by atomic mass is 10.2. The van der Waals surface area contributed by atoms with E-state index in [0.29, 0.717) is 13.2 Å². The van der Waals surface area contributed by atoms with Crippen LogP contribution in [0.25, 0.3) is 0 Å². The van der Waals surface area contributed by atoms with Crippen LogP contribution in [-0.4, -0.2) is 44.2 Å². The molecule has 1 aliphatic rings. The summed E-state index contributed by atoms with van der Waals surface area (Å²) in [5.41, 5.74) is 0.869. The van der Waals surface area contributed by atoms with Crippen molar-refractivity contribution in [1.29, 1.82) is 0 Å². The van der Waals surface area contributed by atoms with Crippen molar-refractivity contribution < 1.29 is 9.13 Å². The van der Waals surface area contributed by atoms with Crippen LogP contribution >= 0.6 is 24.0 Å². The van der Waals surface area contributed by atoms with E-state index >= 15 is 0 Å². The minimum atomic E-state index is -0.223. The Morgan fingerprint density at radius 3 is 2.87 bits per heavy atom. The van der Waals surface area contributed by atoms with Gasteiger partial charge in [0.1, 0.15) is 5.82 Å². The molecule has 0 amide bonds. The lowest BCUT2D eigenvalue weighted by Crippen LogP contribution is -2.40. The highest BCUT2D eigenvalue weighted by Crippen LogP contribution is 2.28. The van der Waals surface area contributed by atoms with Crippen molar-refractivity contribution in [3.8, 4) is 0 Å². The molecule has 1 N–H and O–H groups in total. The largest absolute Gasteiger partial charge is 0.379 e. The van der Waals surface area contributed by atoms with Crippen LogP contribution < -0.4 is 5.32 Å². The molecule has 1 aliphatic carbocycles. The van der Waals surface area contributed by atoms with Crippen molar-refractivity contribution in [2.75, 3.05) is 33.4 Å². The molecular formula is C17H27FIN3O. The fourth-order valence-corrected chi connectivity index (χ4v) is 2.11. The Bertz CT molecular complexity index is 494. The van der Waals surface area contributed by atoms with Crippen LogP contribution in [0.5, 0.6) is 0 Å². The summed E-state index contributed by atoms with van der Waals surface area (Å²) in [4.78, 5) is 6.61. The van der Waals surface area contributed by atoms with E-state index in [2.05, 4.69) is 15.2 Å². The number of nitrogens with zero attached hydrogens (tertiary/aromatic N) is 2. The topological polar surface area (TPSA) is 36.9 Å². The molecule has 0 heterocycles. The van der Waals surface area contributed by atoms with E-state index in [9.17, 15) is 4.39 Å². The van der Waals surface area contributed by atoms with Gasteiger partial charge in [0.25, 0.3) is 0 Å². The predicted octanol–water partition coefficient (Wildman–Crippen LogP) is 3.27. The Labute approximate surface area is 155 Å². The summed E-state index contributed by atoms with van der Waals surface area (Å²) in [5, 5.41) is 3.26. The van der Waals surface area contributed by atoms with Gasteiger partial charge in [0, 0.05) is 26.7 Å². The molecule has 0 saturated heterocycles. The van der Waals surface area contributed by atoms with Crippen LogP contribution in [-0.2, 0) is 11.3 Å². The van der Waals surface area contributed by atoms with Gasteiger partial charge in [0.2, 0.25) is 0 Å². The zero-order chi connectivity index (χ0) is 15.8. The van der Waals surface area contributed by atoms with E-state index in [0.717, 1.165) is 37.1 Å². The molecule has 0 aliphatic heterocycles. The smallest absolute Gasteiger partial charge is 0.194 e. The molecule has 0 radical (unpaired) electrons. The molecule has 0 bridgehead atoms. The highest BCUT2D eigenvalue weighted by molar-refractivity contribution is 14.0. The molecule has 1 fully saturated rings. The van der Waals surface area contributed by atoms with Gasteiger partial charge in [-0.25, -0.2) is 9.38 Å². The van der Waals surface area contributed by atoms with E-state index in [4.69, 9.17) is 4.74 Å². The molecule has 0 atom stereocenters. The summed E-state index contributed by atoms with van der Waals surface area (Å²) >= 11 is 0. The van der Waals surface area contributed by atoms with Gasteiger partial charge in [-0.3, -0.25) is 0 Å². The predicted molar refractivity (Wildman–Crippen MR) is 103 cm³/mol. The van der Waals surface area contributed by atoms with E-state index < -0.39 is 0 Å². The molecule has 0 aromatic heterocycles. The minimum Gasteiger partial charge on any atom is -0.379 e. The summed E-state index contributed by atoms with van der Waals surface area (Å²) in [7, 11) is 1.99. The average Bonchev–Trinajstić information content (AvgIpc) is 3.32. The van der Waals surface area contributed by atoms with Gasteiger partial charge < -0.3 is 15.0 Å². The lowest BCUT2D eigenvalue weighted by molar-refractivity contribution is 0.115. The summed E-state index contributed by atoms with van der Waals surface area (Å²) < 4.78 is 18.8. The van der Waals surface area contributed by atoms with Gasteiger partial charge in [0.05, 0.1) is 13.2 Å². The Kier molecular flexibility index (Phi) is 9.47. The van der Waals surface area contributed by atoms with Crippen LogP contribution in [0, 0.1) is 11.7 Å². The standard InChI is InChI=1S/C17H26FN3O.HI/c1-3-19-17(20-12-15-5-4-6-16(18)11-15)21(2)9-10-22-13-14-7-8-14;/h4-6,11,14H,3,7-10,12-13H2,1-2H3,(H,19,20);1H. The first kappa shape index (κ1) is 20.2. The Morgan fingerprint density at radius 1 is 1.43 bits per heavy atom. The zero-order valence-corrected chi connectivity index (χ0v) is 16.3. The van der Waals surface area contributed by atoms with Crippen molar-refractivity contribution in [3.63, 3.8) is 0 Å². The third-order valence-electron chi connectivity index (χ3n) is 3.62. The molecule has 0 unspecified atom stereocenters. The molecule has 4 nitrogen and oxygen atoms in total. The molecule has 1 aromatic carbocycles. The maximum absolute atomic E-state index is 13.2. The first-order valence-corrected chi connectivity index (χ1v) is 8.00. The van der Waals surface area contributed by atoms with Crippen molar-refractivity contribution in [2.45, 2.75) is 26.3 Å². The number of rotatable bonds is 8. The number of benzene rings is 1. The van der Waals surface area contributed by atoms with Crippen molar-refractivity contribution in [3.05, 3.63) is 35.6 Å². The zero-order valence-electron chi connectivity index (χ0n) is 13.9. The van der Waals surface area contributed by atoms with Crippen LogP contribution in [0.2, 0.25) is 0 Å². The van der Waals surface area contributed by atoms with E-state index in [1.165, 1.54) is 25.0 Å². The summed E-state index contributed by atoms with van der Waals surface area (Å²) in [6.45, 7) is 5.68. The summed E-state index contributed by atoms with van der Waals surface area (Å²) in [6.07, 6.45) is 2.63. The van der Waals surface area contributed by atoms with Gasteiger partial charge in [-0.15, -0.1) is 24.0 Å². The average molecular weight is 435 g/mol. The van der Waals surface area contributed by atoms with Gasteiger partial charge in [0.15, 0.2) is 5.96 Å². The molecule has 23 heavy (non-hydrogen) atoms. The number of nitrogens with one attached hydrogen (secondary N) is 1. The minimum absolute atomic E-state index is 0. The number of hydrogen-bond donors (Lipinski definition) is 1. The Morgan fingerprint density at radius 2 is 2.22 bits per heavy atom. The molecule has 6 heteroatoms. The number of likely N-dealkylation sites (N-methyl/N-ethyl adjacent to an activating group) is 1. The quantitative estimate of drug-likeness (QED) is 0.295. The van der Waals surface area contributed by atoms with Crippen LogP contribution in [0.4, 0.5) is 4.39 Å². The highest BCUT2D eigenvalue weighted by Gasteiger charge is 2.21. The third kappa shape index (κ3) is 7.97. The van der Waals surface area contributed by atoms with Gasteiger partial charge >= 0.3 is 0 Å². The first-order valence-electron chi connectivity index (χ1n) is 8.00. The number of ether oxygens (including phenoxy) is 1. The molecule has 2 rings (SSSR count). The number of halogens is 2. The van der Waals surface area contributed by atoms with Crippen molar-refractivity contribution in [2.24, 2.45) is 10.9 Å². The number of aliphatic imine (C=N–C) groups is 1. The fourth-order valence-electron chi connectivity index (χ4n) is 2.11. The highest BCUT2D eigenvalue weighted by atomic mass is 127. The molecule has 130 valence electrons. The molecular weight excluding hydrogens is 408 g/mol. The fraction of sp³-hybridized carbons (Fsp3) is 0.588. The molecule has 1 aromatic rings. The van der Waals surface area contributed by atoms with Crippen molar-refractivity contribution >= 4 is 29.9 Å². The maximum atomic E-state index is 13.2. The second kappa shape index (κ2) is 10.8. The number of hydrogen-bond acceptors (Lipinski definition) is 2. The van der Waals surface area contributed by atoms with Gasteiger partial charge in [-0.05, 0) is 43.4 Å². The van der Waals surface area contributed by atoms with Crippen LogP contribution in [0.1, 0.15) is 25.3 Å². The molecule has 1 saturated carbocycles. The SMILES string of the molecule is CCNC(=NCc1cccc(F)c1)N(C)CCOCC1CC1.I. The third-order valence-corrected chi connectivity index (χ3v) is 3.62. The molecule has 0 spiro atoms. The second-order valence-electron chi connectivity index (χ2n) is 5.74. The summed E-state index contributed by atoms with van der Waals surface area (Å²) in [5.74, 6) is 1.39. The Hall–Kier alpha value is -0.890. The van der Waals surface area contributed by atoms with Crippen LogP contribution in [0.15, 0.2) is 29.3 Å². The van der Waals surface area contributed by atoms with E-state index in [1.54, 1.807) is 6.07 Å². The maximum Gasteiger partial charge on any atom is 0.194 e. The van der Waals surface area contributed by atoms with Crippen LogP contribution in [0.3, 0.4) is 0 Å². The monoisotopic (exact) mass is 435 g/mol. The van der Waals surface area contributed by atoms with E-state index in [1.807, 2.05) is 20.0 Å². The number of guanidine groups is 1. The van der Waals surface area contributed by atoms with E-state index in [-0.39, 0.29) is 29.8 Å². The second-order valence-corrected chi connectivity index (χ2v) is 5.74. The van der Waals surface area contributed by atoms with Gasteiger partial charge in [-0.2, -0.15) is 0 Å². The normalized spacial score (nSPS) is 14.3. The first-order chi connectivity index (χ1) is 10.7. The lowest BCUT2D eigenvalue weighted by Gasteiger charge is -2.22. The van der Waals surface area contributed by atoms with Gasteiger partial charge in [-0.1, -0.05) is 12.1 Å². The Balaban J connectivity index is 0.00000264.